The van der Waals surface area contributed by atoms with Gasteiger partial charge in [-0.1, -0.05) is 48.5 Å². The number of Topliss-reactive ketones (excluding diaryl/α,β-unsaturated/α-hetero) is 1. The van der Waals surface area contributed by atoms with Gasteiger partial charge in [0.05, 0.1) is 0 Å². The molecule has 0 spiro atoms. The third-order valence-electron chi connectivity index (χ3n) is 2.98. The minimum absolute atomic E-state index is 0.189. The van der Waals surface area contributed by atoms with Crippen molar-refractivity contribution in [2.45, 2.75) is 19.8 Å². The molecular formula is C16H15BrO. The molecule has 2 aromatic rings. The number of benzene rings is 2. The Morgan fingerprint density at radius 1 is 1.06 bits per heavy atom. The number of carbonyl (C=O) groups excluding carboxylic acids is 1. The molecule has 0 aromatic heterocycles. The second-order valence-corrected chi connectivity index (χ2v) is 5.14. The van der Waals surface area contributed by atoms with Crippen LogP contribution in [-0.2, 0) is 6.42 Å². The third-order valence-corrected chi connectivity index (χ3v) is 4.03. The summed E-state index contributed by atoms with van der Waals surface area (Å²) < 4.78 is 0.920. The van der Waals surface area contributed by atoms with Gasteiger partial charge in [-0.25, -0.2) is 0 Å². The van der Waals surface area contributed by atoms with Crippen molar-refractivity contribution >= 4 is 21.7 Å². The number of carbonyl (C=O) groups is 1. The summed E-state index contributed by atoms with van der Waals surface area (Å²) >= 11 is 3.49. The zero-order valence-electron chi connectivity index (χ0n) is 10.3. The van der Waals surface area contributed by atoms with Crippen molar-refractivity contribution in [1.82, 2.24) is 0 Å². The molecule has 2 rings (SSSR count). The molecule has 1 nitrogen and oxygen atoms in total. The van der Waals surface area contributed by atoms with Crippen molar-refractivity contribution in [3.05, 3.63) is 69.7 Å². The van der Waals surface area contributed by atoms with E-state index in [1.807, 2.05) is 43.3 Å². The maximum atomic E-state index is 12.2. The summed E-state index contributed by atoms with van der Waals surface area (Å²) in [6, 6.07) is 15.9. The predicted octanol–water partition coefficient (Wildman–Crippen LogP) is 4.57. The maximum absolute atomic E-state index is 12.2. The first kappa shape index (κ1) is 13.0. The number of aryl methyl sites for hydroxylation is 2. The Hall–Kier alpha value is -1.41. The van der Waals surface area contributed by atoms with E-state index in [0.717, 1.165) is 22.0 Å². The van der Waals surface area contributed by atoms with E-state index in [2.05, 4.69) is 28.1 Å². The van der Waals surface area contributed by atoms with Crippen LogP contribution in [0.25, 0.3) is 0 Å². The normalized spacial score (nSPS) is 10.3. The quantitative estimate of drug-likeness (QED) is 0.756. The van der Waals surface area contributed by atoms with Gasteiger partial charge in [0.1, 0.15) is 0 Å². The Bertz CT molecular complexity index is 546. The van der Waals surface area contributed by atoms with E-state index < -0.39 is 0 Å². The molecule has 0 amide bonds. The lowest BCUT2D eigenvalue weighted by atomic mass is 10.0. The summed E-state index contributed by atoms with van der Waals surface area (Å²) in [5.74, 6) is 0.189. The number of ketones is 1. The van der Waals surface area contributed by atoms with Gasteiger partial charge in [0.15, 0.2) is 5.78 Å². The molecule has 0 saturated heterocycles. The Morgan fingerprint density at radius 3 is 2.50 bits per heavy atom. The SMILES string of the molecule is Cc1cccc(C(=O)CCc2ccccc2)c1Br. The summed E-state index contributed by atoms with van der Waals surface area (Å²) in [7, 11) is 0. The van der Waals surface area contributed by atoms with Crippen LogP contribution in [0, 0.1) is 6.92 Å². The van der Waals surface area contributed by atoms with Crippen molar-refractivity contribution in [3.63, 3.8) is 0 Å². The number of hydrogen-bond acceptors (Lipinski definition) is 1. The van der Waals surface area contributed by atoms with Crippen LogP contribution in [0.15, 0.2) is 53.0 Å². The van der Waals surface area contributed by atoms with Gasteiger partial charge in [0.2, 0.25) is 0 Å². The van der Waals surface area contributed by atoms with Crippen LogP contribution < -0.4 is 0 Å². The molecule has 0 atom stereocenters. The van der Waals surface area contributed by atoms with Crippen LogP contribution in [0.4, 0.5) is 0 Å². The fourth-order valence-corrected chi connectivity index (χ4v) is 2.39. The molecule has 0 N–H and O–H groups in total. The lowest BCUT2D eigenvalue weighted by Crippen LogP contribution is -2.03. The van der Waals surface area contributed by atoms with Gasteiger partial charge in [-0.15, -0.1) is 0 Å². The molecule has 0 aliphatic rings. The molecular weight excluding hydrogens is 288 g/mol. The van der Waals surface area contributed by atoms with E-state index in [1.54, 1.807) is 0 Å². The highest BCUT2D eigenvalue weighted by Crippen LogP contribution is 2.22. The highest BCUT2D eigenvalue weighted by atomic mass is 79.9. The average Bonchev–Trinajstić information content (AvgIpc) is 2.40. The van der Waals surface area contributed by atoms with Crippen LogP contribution in [-0.4, -0.2) is 5.78 Å². The summed E-state index contributed by atoms with van der Waals surface area (Å²) in [5.41, 5.74) is 3.08. The van der Waals surface area contributed by atoms with Crippen LogP contribution >= 0.6 is 15.9 Å². The first-order valence-electron chi connectivity index (χ1n) is 6.00. The van der Waals surface area contributed by atoms with E-state index in [1.165, 1.54) is 5.56 Å². The van der Waals surface area contributed by atoms with E-state index >= 15 is 0 Å². The molecule has 0 bridgehead atoms. The minimum Gasteiger partial charge on any atom is -0.294 e. The molecule has 0 aliphatic carbocycles. The van der Waals surface area contributed by atoms with Gasteiger partial charge >= 0.3 is 0 Å². The second-order valence-electron chi connectivity index (χ2n) is 4.35. The Balaban J connectivity index is 2.07. The first-order chi connectivity index (χ1) is 8.68. The Labute approximate surface area is 116 Å². The van der Waals surface area contributed by atoms with E-state index in [4.69, 9.17) is 0 Å². The first-order valence-corrected chi connectivity index (χ1v) is 6.80. The highest BCUT2D eigenvalue weighted by Gasteiger charge is 2.11. The molecule has 2 heteroatoms. The largest absolute Gasteiger partial charge is 0.294 e. The van der Waals surface area contributed by atoms with Crippen LogP contribution in [0.1, 0.15) is 27.9 Å². The monoisotopic (exact) mass is 302 g/mol. The van der Waals surface area contributed by atoms with Gasteiger partial charge < -0.3 is 0 Å². The second kappa shape index (κ2) is 5.96. The van der Waals surface area contributed by atoms with E-state index in [-0.39, 0.29) is 5.78 Å². The Kier molecular flexibility index (Phi) is 4.32. The maximum Gasteiger partial charge on any atom is 0.164 e. The topological polar surface area (TPSA) is 17.1 Å². The third kappa shape index (κ3) is 3.08. The standard InChI is InChI=1S/C16H15BrO/c1-12-6-5-9-14(16(12)17)15(18)11-10-13-7-3-2-4-8-13/h2-9H,10-11H2,1H3. The lowest BCUT2D eigenvalue weighted by Gasteiger charge is -2.06. The lowest BCUT2D eigenvalue weighted by molar-refractivity contribution is 0.0982. The van der Waals surface area contributed by atoms with Gasteiger partial charge in [0.25, 0.3) is 0 Å². The van der Waals surface area contributed by atoms with Crippen molar-refractivity contribution in [2.24, 2.45) is 0 Å². The van der Waals surface area contributed by atoms with Crippen molar-refractivity contribution in [1.29, 1.82) is 0 Å². The molecule has 0 heterocycles. The summed E-state index contributed by atoms with van der Waals surface area (Å²) in [6.07, 6.45) is 1.34. The molecule has 2 aromatic carbocycles. The minimum atomic E-state index is 0.189. The molecule has 92 valence electrons. The van der Waals surface area contributed by atoms with Crippen molar-refractivity contribution in [3.8, 4) is 0 Å². The zero-order chi connectivity index (χ0) is 13.0. The molecule has 0 saturated carbocycles. The van der Waals surface area contributed by atoms with Gasteiger partial charge in [-0.3, -0.25) is 4.79 Å². The summed E-state index contributed by atoms with van der Waals surface area (Å²) in [4.78, 5) is 12.2. The highest BCUT2D eigenvalue weighted by molar-refractivity contribution is 9.10. The van der Waals surface area contributed by atoms with Crippen LogP contribution in [0.5, 0.6) is 0 Å². The van der Waals surface area contributed by atoms with Crippen LogP contribution in [0.3, 0.4) is 0 Å². The smallest absolute Gasteiger partial charge is 0.164 e. The van der Waals surface area contributed by atoms with Gasteiger partial charge in [0, 0.05) is 16.5 Å². The summed E-state index contributed by atoms with van der Waals surface area (Å²) in [5, 5.41) is 0. The van der Waals surface area contributed by atoms with E-state index in [0.29, 0.717) is 6.42 Å². The molecule has 0 aliphatic heterocycles. The van der Waals surface area contributed by atoms with Gasteiger partial charge in [-0.05, 0) is 40.4 Å². The number of halogens is 1. The van der Waals surface area contributed by atoms with Crippen LogP contribution in [0.2, 0.25) is 0 Å². The Morgan fingerprint density at radius 2 is 1.78 bits per heavy atom. The predicted molar refractivity (Wildman–Crippen MR) is 78.0 cm³/mol. The molecule has 18 heavy (non-hydrogen) atoms. The van der Waals surface area contributed by atoms with Gasteiger partial charge in [-0.2, -0.15) is 0 Å². The van der Waals surface area contributed by atoms with E-state index in [9.17, 15) is 4.79 Å². The summed E-state index contributed by atoms with van der Waals surface area (Å²) in [6.45, 7) is 2.00. The number of rotatable bonds is 4. The molecule has 0 fully saturated rings. The molecule has 0 radical (unpaired) electrons. The molecule has 0 unspecified atom stereocenters. The fraction of sp³-hybridized carbons (Fsp3) is 0.188. The van der Waals surface area contributed by atoms with Crippen molar-refractivity contribution in [2.75, 3.05) is 0 Å². The van der Waals surface area contributed by atoms with Crippen molar-refractivity contribution < 1.29 is 4.79 Å². The average molecular weight is 303 g/mol. The zero-order valence-corrected chi connectivity index (χ0v) is 11.9. The number of hydrogen-bond donors (Lipinski definition) is 0. The fourth-order valence-electron chi connectivity index (χ4n) is 1.90.